The monoisotopic (exact) mass is 362 g/mol. The van der Waals surface area contributed by atoms with Gasteiger partial charge in [0.1, 0.15) is 5.82 Å². The van der Waals surface area contributed by atoms with Gasteiger partial charge in [0, 0.05) is 19.2 Å². The van der Waals surface area contributed by atoms with Crippen molar-refractivity contribution in [3.05, 3.63) is 95.3 Å². The van der Waals surface area contributed by atoms with Gasteiger partial charge in [0.15, 0.2) is 0 Å². The van der Waals surface area contributed by atoms with Crippen molar-refractivity contribution in [2.45, 2.75) is 6.54 Å². The van der Waals surface area contributed by atoms with Gasteiger partial charge in [0.2, 0.25) is 0 Å². The average Bonchev–Trinajstić information content (AvgIpc) is 2.72. The van der Waals surface area contributed by atoms with Crippen LogP contribution in [0.2, 0.25) is 0 Å². The van der Waals surface area contributed by atoms with Gasteiger partial charge in [0.05, 0.1) is 5.56 Å². The lowest BCUT2D eigenvalue weighted by atomic mass is 10.0. The molecule has 2 N–H and O–H groups in total. The van der Waals surface area contributed by atoms with Crippen LogP contribution in [-0.4, -0.2) is 18.9 Å². The highest BCUT2D eigenvalue weighted by molar-refractivity contribution is 5.95. The Kier molecular flexibility index (Phi) is 5.61. The lowest BCUT2D eigenvalue weighted by Crippen LogP contribution is -2.24. The maximum absolute atomic E-state index is 14.4. The van der Waals surface area contributed by atoms with E-state index in [4.69, 9.17) is 0 Å². The Balaban J connectivity index is 1.71. The topological polar surface area (TPSA) is 58.2 Å². The van der Waals surface area contributed by atoms with E-state index in [1.807, 2.05) is 30.3 Å². The van der Waals surface area contributed by atoms with E-state index in [0.29, 0.717) is 11.1 Å². The zero-order valence-corrected chi connectivity index (χ0v) is 14.8. The van der Waals surface area contributed by atoms with Crippen molar-refractivity contribution in [1.29, 1.82) is 0 Å². The summed E-state index contributed by atoms with van der Waals surface area (Å²) in [5.74, 6) is -1.28. The lowest BCUT2D eigenvalue weighted by Gasteiger charge is -2.09. The Morgan fingerprint density at radius 2 is 1.63 bits per heavy atom. The first kappa shape index (κ1) is 18.3. The number of carbonyl (C=O) groups excluding carboxylic acids is 2. The largest absolute Gasteiger partial charge is 0.355 e. The summed E-state index contributed by atoms with van der Waals surface area (Å²) in [7, 11) is 1.55. The quantitative estimate of drug-likeness (QED) is 0.726. The van der Waals surface area contributed by atoms with E-state index in [0.717, 1.165) is 11.1 Å². The molecule has 3 rings (SSSR count). The Hall–Kier alpha value is -3.47. The van der Waals surface area contributed by atoms with Crippen molar-refractivity contribution in [2.24, 2.45) is 0 Å². The van der Waals surface area contributed by atoms with Crippen LogP contribution >= 0.6 is 0 Å². The third-order valence-electron chi connectivity index (χ3n) is 4.19. The molecule has 0 atom stereocenters. The van der Waals surface area contributed by atoms with E-state index in [9.17, 15) is 14.0 Å². The van der Waals surface area contributed by atoms with Crippen molar-refractivity contribution in [2.75, 3.05) is 7.05 Å². The molecular weight excluding hydrogens is 343 g/mol. The molecule has 0 radical (unpaired) electrons. The highest BCUT2D eigenvalue weighted by Crippen LogP contribution is 2.21. The highest BCUT2D eigenvalue weighted by Gasteiger charge is 2.13. The van der Waals surface area contributed by atoms with Crippen LogP contribution in [0.15, 0.2) is 72.8 Å². The van der Waals surface area contributed by atoms with Gasteiger partial charge in [-0.1, -0.05) is 48.5 Å². The number of benzene rings is 3. The van der Waals surface area contributed by atoms with E-state index < -0.39 is 11.7 Å². The molecular formula is C22H19FN2O2. The van der Waals surface area contributed by atoms with Crippen molar-refractivity contribution in [1.82, 2.24) is 10.6 Å². The summed E-state index contributed by atoms with van der Waals surface area (Å²) in [6, 6.07) is 20.9. The molecule has 3 aromatic carbocycles. The Morgan fingerprint density at radius 3 is 2.33 bits per heavy atom. The fourth-order valence-electron chi connectivity index (χ4n) is 2.75. The summed E-state index contributed by atoms with van der Waals surface area (Å²) < 4.78 is 14.4. The smallest absolute Gasteiger partial charge is 0.254 e. The first-order chi connectivity index (χ1) is 13.1. The van der Waals surface area contributed by atoms with Gasteiger partial charge in [-0.2, -0.15) is 0 Å². The standard InChI is InChI=1S/C22H19FN2O2/c1-24-21(26)18-9-5-6-15(12-18)14-25-22(27)19-11-10-17(13-20(19)23)16-7-3-2-4-8-16/h2-13H,14H2,1H3,(H,24,26)(H,25,27). The molecule has 0 bridgehead atoms. The summed E-state index contributed by atoms with van der Waals surface area (Å²) in [5.41, 5.74) is 2.84. The van der Waals surface area contributed by atoms with Crippen molar-refractivity contribution < 1.29 is 14.0 Å². The Bertz CT molecular complexity index is 971. The molecule has 0 aliphatic rings. The second-order valence-corrected chi connectivity index (χ2v) is 6.02. The average molecular weight is 362 g/mol. The number of nitrogens with one attached hydrogen (secondary N) is 2. The summed E-state index contributed by atoms with van der Waals surface area (Å²) in [6.45, 7) is 0.198. The molecule has 0 aliphatic heterocycles. The molecule has 4 nitrogen and oxygen atoms in total. The number of hydrogen-bond acceptors (Lipinski definition) is 2. The van der Waals surface area contributed by atoms with Gasteiger partial charge >= 0.3 is 0 Å². The molecule has 5 heteroatoms. The molecule has 2 amide bonds. The van der Waals surface area contributed by atoms with Gasteiger partial charge in [0.25, 0.3) is 11.8 Å². The first-order valence-electron chi connectivity index (χ1n) is 8.52. The van der Waals surface area contributed by atoms with E-state index >= 15 is 0 Å². The van der Waals surface area contributed by atoms with Crippen LogP contribution in [0.4, 0.5) is 4.39 Å². The maximum Gasteiger partial charge on any atom is 0.254 e. The van der Waals surface area contributed by atoms with Crippen LogP contribution in [0, 0.1) is 5.82 Å². The minimum atomic E-state index is -0.576. The van der Waals surface area contributed by atoms with Gasteiger partial charge in [-0.15, -0.1) is 0 Å². The van der Waals surface area contributed by atoms with E-state index in [1.165, 1.54) is 12.1 Å². The van der Waals surface area contributed by atoms with E-state index in [1.54, 1.807) is 37.4 Å². The number of amides is 2. The first-order valence-corrected chi connectivity index (χ1v) is 8.52. The summed E-state index contributed by atoms with van der Waals surface area (Å²) >= 11 is 0. The molecule has 0 unspecified atom stereocenters. The number of rotatable bonds is 5. The minimum Gasteiger partial charge on any atom is -0.355 e. The molecule has 136 valence electrons. The number of halogens is 1. The second kappa shape index (κ2) is 8.27. The van der Waals surface area contributed by atoms with Gasteiger partial charge in [-0.25, -0.2) is 4.39 Å². The molecule has 0 fully saturated rings. The normalized spacial score (nSPS) is 10.3. The summed E-state index contributed by atoms with van der Waals surface area (Å²) in [5, 5.41) is 5.24. The van der Waals surface area contributed by atoms with Gasteiger partial charge in [-0.05, 0) is 41.0 Å². The van der Waals surface area contributed by atoms with Gasteiger partial charge in [-0.3, -0.25) is 9.59 Å². The third kappa shape index (κ3) is 4.39. The molecule has 0 saturated carbocycles. The molecule has 27 heavy (non-hydrogen) atoms. The summed E-state index contributed by atoms with van der Waals surface area (Å²) in [4.78, 5) is 24.0. The molecule has 0 heterocycles. The predicted molar refractivity (Wildman–Crippen MR) is 103 cm³/mol. The van der Waals surface area contributed by atoms with Gasteiger partial charge < -0.3 is 10.6 Å². The highest BCUT2D eigenvalue weighted by atomic mass is 19.1. The lowest BCUT2D eigenvalue weighted by molar-refractivity contribution is 0.0945. The molecule has 0 aliphatic carbocycles. The minimum absolute atomic E-state index is 0.0165. The van der Waals surface area contributed by atoms with Crippen molar-refractivity contribution in [3.63, 3.8) is 0 Å². The van der Waals surface area contributed by atoms with Crippen LogP contribution in [0.3, 0.4) is 0 Å². The predicted octanol–water partition coefficient (Wildman–Crippen LogP) is 3.78. The number of hydrogen-bond donors (Lipinski definition) is 2. The van der Waals surface area contributed by atoms with Crippen LogP contribution in [0.25, 0.3) is 11.1 Å². The van der Waals surface area contributed by atoms with Crippen molar-refractivity contribution >= 4 is 11.8 Å². The fourth-order valence-corrected chi connectivity index (χ4v) is 2.75. The zero-order chi connectivity index (χ0) is 19.2. The fraction of sp³-hybridized carbons (Fsp3) is 0.0909. The number of carbonyl (C=O) groups is 2. The van der Waals surface area contributed by atoms with Crippen molar-refractivity contribution in [3.8, 4) is 11.1 Å². The zero-order valence-electron chi connectivity index (χ0n) is 14.8. The third-order valence-corrected chi connectivity index (χ3v) is 4.19. The van der Waals surface area contributed by atoms with Crippen LogP contribution in [0.5, 0.6) is 0 Å². The molecule has 0 aromatic heterocycles. The second-order valence-electron chi connectivity index (χ2n) is 6.02. The van der Waals surface area contributed by atoms with Crippen LogP contribution in [-0.2, 0) is 6.54 Å². The van der Waals surface area contributed by atoms with Crippen LogP contribution in [0.1, 0.15) is 26.3 Å². The SMILES string of the molecule is CNC(=O)c1cccc(CNC(=O)c2ccc(-c3ccccc3)cc2F)c1. The molecule has 3 aromatic rings. The maximum atomic E-state index is 14.4. The van der Waals surface area contributed by atoms with Crippen LogP contribution < -0.4 is 10.6 Å². The molecule has 0 spiro atoms. The Morgan fingerprint density at radius 1 is 0.852 bits per heavy atom. The van der Waals surface area contributed by atoms with E-state index in [-0.39, 0.29) is 18.0 Å². The summed E-state index contributed by atoms with van der Waals surface area (Å²) in [6.07, 6.45) is 0. The Labute approximate surface area is 157 Å². The molecule has 0 saturated heterocycles. The van der Waals surface area contributed by atoms with E-state index in [2.05, 4.69) is 10.6 Å².